The topological polar surface area (TPSA) is 20.3 Å². The molecule has 6 rings (SSSR count). The average Bonchev–Trinajstić information content (AvgIpc) is 3.07. The second-order valence-corrected chi connectivity index (χ2v) is 10.3. The Labute approximate surface area is 141 Å². The summed E-state index contributed by atoms with van der Waals surface area (Å²) < 4.78 is 0. The third-order valence-corrected chi connectivity index (χ3v) is 8.48. The van der Waals surface area contributed by atoms with Crippen molar-refractivity contribution in [1.29, 1.82) is 0 Å². The third-order valence-electron chi connectivity index (χ3n) is 8.48. The molecule has 3 atom stereocenters. The molecule has 2 nitrogen and oxygen atoms in total. The van der Waals surface area contributed by atoms with Crippen LogP contribution in [-0.2, 0) is 4.79 Å². The number of carbonyl (C=O) groups excluding carboxylic acids is 1. The van der Waals surface area contributed by atoms with E-state index in [1.807, 2.05) is 0 Å². The highest BCUT2D eigenvalue weighted by atomic mass is 16.2. The second kappa shape index (κ2) is 5.23. The molecule has 0 saturated heterocycles. The van der Waals surface area contributed by atoms with E-state index in [1.165, 1.54) is 64.2 Å². The molecule has 6 aliphatic carbocycles. The first-order chi connectivity index (χ1) is 11.1. The Morgan fingerprint density at radius 2 is 1.57 bits per heavy atom. The van der Waals surface area contributed by atoms with Crippen molar-refractivity contribution in [2.45, 2.75) is 70.6 Å². The monoisotopic (exact) mass is 315 g/mol. The van der Waals surface area contributed by atoms with E-state index in [0.29, 0.717) is 11.3 Å². The maximum Gasteiger partial charge on any atom is 0.222 e. The molecule has 0 N–H and O–H groups in total. The fourth-order valence-electron chi connectivity index (χ4n) is 8.08. The Bertz CT molecular complexity index is 463. The molecule has 3 unspecified atom stereocenters. The van der Waals surface area contributed by atoms with Gasteiger partial charge in [0.15, 0.2) is 0 Å². The van der Waals surface area contributed by atoms with Crippen LogP contribution in [0, 0.1) is 40.9 Å². The molecule has 0 heterocycles. The van der Waals surface area contributed by atoms with Crippen LogP contribution in [-0.4, -0.2) is 24.4 Å². The van der Waals surface area contributed by atoms with Gasteiger partial charge < -0.3 is 4.90 Å². The predicted octanol–water partition coefficient (Wildman–Crippen LogP) is 4.49. The molecule has 23 heavy (non-hydrogen) atoms. The van der Waals surface area contributed by atoms with E-state index in [9.17, 15) is 4.79 Å². The van der Waals surface area contributed by atoms with Crippen molar-refractivity contribution in [3.05, 3.63) is 0 Å². The highest BCUT2D eigenvalue weighted by molar-refractivity contribution is 5.76. The largest absolute Gasteiger partial charge is 0.345 e. The van der Waals surface area contributed by atoms with Gasteiger partial charge >= 0.3 is 0 Å². The van der Waals surface area contributed by atoms with E-state index in [-0.39, 0.29) is 0 Å². The van der Waals surface area contributed by atoms with Gasteiger partial charge in [-0.25, -0.2) is 0 Å². The molecule has 1 amide bonds. The lowest BCUT2D eigenvalue weighted by atomic mass is 9.49. The van der Waals surface area contributed by atoms with Gasteiger partial charge in [0.25, 0.3) is 0 Å². The standard InChI is InChI=1S/C21H33NO/c1-22(20(23)9-19-8-14-2-3-18(19)7-14)13-21-10-15-4-16(11-21)6-17(5-15)12-21/h14-19H,2-13H2,1H3. The Hall–Kier alpha value is -0.530. The zero-order valence-corrected chi connectivity index (χ0v) is 14.8. The highest BCUT2D eigenvalue weighted by Gasteiger charge is 2.51. The number of fused-ring (bicyclic) bond motifs is 2. The molecule has 0 radical (unpaired) electrons. The van der Waals surface area contributed by atoms with Gasteiger partial charge in [-0.15, -0.1) is 0 Å². The minimum absolute atomic E-state index is 0.457. The molecular formula is C21H33NO. The van der Waals surface area contributed by atoms with Gasteiger partial charge in [-0.3, -0.25) is 4.79 Å². The number of rotatable bonds is 4. The van der Waals surface area contributed by atoms with Crippen molar-refractivity contribution in [2.75, 3.05) is 13.6 Å². The van der Waals surface area contributed by atoms with E-state index in [4.69, 9.17) is 0 Å². The maximum absolute atomic E-state index is 12.8. The van der Waals surface area contributed by atoms with E-state index >= 15 is 0 Å². The molecule has 0 aromatic rings. The minimum Gasteiger partial charge on any atom is -0.345 e. The molecule has 6 aliphatic rings. The summed E-state index contributed by atoms with van der Waals surface area (Å²) in [5.41, 5.74) is 0.508. The predicted molar refractivity (Wildman–Crippen MR) is 91.8 cm³/mol. The lowest BCUT2D eigenvalue weighted by Gasteiger charge is -2.57. The second-order valence-electron chi connectivity index (χ2n) is 10.3. The van der Waals surface area contributed by atoms with Crippen LogP contribution in [0.5, 0.6) is 0 Å². The Morgan fingerprint density at radius 1 is 0.913 bits per heavy atom. The Balaban J connectivity index is 1.21. The van der Waals surface area contributed by atoms with Crippen LogP contribution < -0.4 is 0 Å². The fourth-order valence-corrected chi connectivity index (χ4v) is 8.08. The molecule has 6 fully saturated rings. The summed E-state index contributed by atoms with van der Waals surface area (Å²) in [6, 6.07) is 0. The van der Waals surface area contributed by atoms with Gasteiger partial charge in [-0.05, 0) is 98.7 Å². The summed E-state index contributed by atoms with van der Waals surface area (Å²) in [4.78, 5) is 15.0. The first kappa shape index (κ1) is 14.8. The molecule has 6 saturated carbocycles. The minimum atomic E-state index is 0.457. The number of nitrogens with zero attached hydrogens (tertiary/aromatic N) is 1. The van der Waals surface area contributed by atoms with Gasteiger partial charge in [-0.1, -0.05) is 6.42 Å². The zero-order valence-electron chi connectivity index (χ0n) is 14.8. The van der Waals surface area contributed by atoms with Gasteiger partial charge in [0.05, 0.1) is 0 Å². The molecule has 2 heteroatoms. The van der Waals surface area contributed by atoms with Crippen LogP contribution in [0.3, 0.4) is 0 Å². The SMILES string of the molecule is CN(CC12CC3CC(CC(C3)C1)C2)C(=O)CC1CC2CCC1C2. The molecule has 128 valence electrons. The Kier molecular flexibility index (Phi) is 3.36. The molecule has 0 spiro atoms. The molecule has 0 aromatic carbocycles. The molecule has 6 bridgehead atoms. The van der Waals surface area contributed by atoms with E-state index in [1.54, 1.807) is 0 Å². The highest BCUT2D eigenvalue weighted by Crippen LogP contribution is 2.60. The van der Waals surface area contributed by atoms with Gasteiger partial charge in [-0.2, -0.15) is 0 Å². The normalized spacial score (nSPS) is 49.8. The van der Waals surface area contributed by atoms with E-state index in [0.717, 1.165) is 48.5 Å². The third kappa shape index (κ3) is 2.55. The van der Waals surface area contributed by atoms with Crippen molar-refractivity contribution >= 4 is 5.91 Å². The van der Waals surface area contributed by atoms with Gasteiger partial charge in [0, 0.05) is 20.0 Å². The van der Waals surface area contributed by atoms with Gasteiger partial charge in [0.2, 0.25) is 5.91 Å². The maximum atomic E-state index is 12.8. The summed E-state index contributed by atoms with van der Waals surface area (Å²) >= 11 is 0. The number of hydrogen-bond acceptors (Lipinski definition) is 1. The van der Waals surface area contributed by atoms with Crippen molar-refractivity contribution in [1.82, 2.24) is 4.90 Å². The molecular weight excluding hydrogens is 282 g/mol. The lowest BCUT2D eigenvalue weighted by molar-refractivity contribution is -0.136. The smallest absolute Gasteiger partial charge is 0.222 e. The van der Waals surface area contributed by atoms with Crippen molar-refractivity contribution in [2.24, 2.45) is 40.9 Å². The number of carbonyl (C=O) groups is 1. The summed E-state index contributed by atoms with van der Waals surface area (Å²) in [6.07, 6.45) is 15.2. The van der Waals surface area contributed by atoms with Crippen LogP contribution in [0.4, 0.5) is 0 Å². The van der Waals surface area contributed by atoms with Crippen molar-refractivity contribution < 1.29 is 4.79 Å². The van der Waals surface area contributed by atoms with E-state index in [2.05, 4.69) is 11.9 Å². The van der Waals surface area contributed by atoms with Gasteiger partial charge in [0.1, 0.15) is 0 Å². The van der Waals surface area contributed by atoms with E-state index < -0.39 is 0 Å². The summed E-state index contributed by atoms with van der Waals surface area (Å²) in [5.74, 6) is 6.02. The van der Waals surface area contributed by atoms with Crippen molar-refractivity contribution in [3.63, 3.8) is 0 Å². The quantitative estimate of drug-likeness (QED) is 0.748. The summed E-state index contributed by atoms with van der Waals surface area (Å²) in [5, 5.41) is 0. The number of amides is 1. The Morgan fingerprint density at radius 3 is 2.09 bits per heavy atom. The number of hydrogen-bond donors (Lipinski definition) is 0. The van der Waals surface area contributed by atoms with Crippen molar-refractivity contribution in [3.8, 4) is 0 Å². The van der Waals surface area contributed by atoms with Crippen LogP contribution in [0.1, 0.15) is 70.6 Å². The van der Waals surface area contributed by atoms with Crippen LogP contribution in [0.15, 0.2) is 0 Å². The average molecular weight is 316 g/mol. The first-order valence-electron chi connectivity index (χ1n) is 10.3. The fraction of sp³-hybridized carbons (Fsp3) is 0.952. The summed E-state index contributed by atoms with van der Waals surface area (Å²) in [6.45, 7) is 1.07. The molecule has 0 aromatic heterocycles. The summed E-state index contributed by atoms with van der Waals surface area (Å²) in [7, 11) is 2.11. The first-order valence-corrected chi connectivity index (χ1v) is 10.3. The van der Waals surface area contributed by atoms with Crippen LogP contribution in [0.2, 0.25) is 0 Å². The zero-order chi connectivity index (χ0) is 15.6. The lowest BCUT2D eigenvalue weighted by Crippen LogP contribution is -2.51. The van der Waals surface area contributed by atoms with Crippen LogP contribution in [0.25, 0.3) is 0 Å². The molecule has 0 aliphatic heterocycles. The van der Waals surface area contributed by atoms with Crippen LogP contribution >= 0.6 is 0 Å².